The van der Waals surface area contributed by atoms with Crippen molar-refractivity contribution in [3.8, 4) is 0 Å². The molecule has 22 heavy (non-hydrogen) atoms. The molecule has 0 aliphatic heterocycles. The van der Waals surface area contributed by atoms with Crippen molar-refractivity contribution in [2.24, 2.45) is 5.41 Å². The van der Waals surface area contributed by atoms with E-state index in [-0.39, 0.29) is 16.7 Å². The summed E-state index contributed by atoms with van der Waals surface area (Å²) < 4.78 is 5.20. The van der Waals surface area contributed by atoms with Crippen molar-refractivity contribution in [2.45, 2.75) is 46.1 Å². The summed E-state index contributed by atoms with van der Waals surface area (Å²) in [7, 11) is 1.87. The molecule has 0 N–H and O–H groups in total. The van der Waals surface area contributed by atoms with E-state index in [2.05, 4.69) is 25.1 Å². The summed E-state index contributed by atoms with van der Waals surface area (Å²) >= 11 is 1.68. The van der Waals surface area contributed by atoms with E-state index in [9.17, 15) is 4.79 Å². The maximum Gasteiger partial charge on any atom is 0.234 e. The second kappa shape index (κ2) is 4.95. The van der Waals surface area contributed by atoms with Gasteiger partial charge in [-0.05, 0) is 37.1 Å². The van der Waals surface area contributed by atoms with Crippen LogP contribution >= 0.6 is 11.3 Å². The molecule has 1 aliphatic rings. The Morgan fingerprint density at radius 2 is 2.14 bits per heavy atom. The van der Waals surface area contributed by atoms with Crippen molar-refractivity contribution in [1.82, 2.24) is 10.1 Å². The Morgan fingerprint density at radius 1 is 1.45 bits per heavy atom. The van der Waals surface area contributed by atoms with Crippen LogP contribution in [-0.2, 0) is 16.8 Å². The number of carbonyl (C=O) groups excluding carboxylic acids is 1. The van der Waals surface area contributed by atoms with Crippen LogP contribution in [0, 0.1) is 19.3 Å². The molecule has 2 aromatic heterocycles. The number of amides is 1. The molecule has 1 atom stereocenters. The topological polar surface area (TPSA) is 46.3 Å². The van der Waals surface area contributed by atoms with E-state index in [4.69, 9.17) is 4.52 Å². The lowest BCUT2D eigenvalue weighted by molar-refractivity contribution is -0.134. The molecule has 4 nitrogen and oxygen atoms in total. The molecule has 0 saturated heterocycles. The van der Waals surface area contributed by atoms with Crippen LogP contribution in [0.1, 0.15) is 42.2 Å². The van der Waals surface area contributed by atoms with Gasteiger partial charge in [0.05, 0.1) is 17.7 Å². The van der Waals surface area contributed by atoms with Crippen LogP contribution < -0.4 is 0 Å². The third kappa shape index (κ3) is 2.10. The third-order valence-corrected chi connectivity index (χ3v) is 6.00. The van der Waals surface area contributed by atoms with Gasteiger partial charge >= 0.3 is 0 Å². The summed E-state index contributed by atoms with van der Waals surface area (Å²) in [5, 5.41) is 6.02. The minimum Gasteiger partial charge on any atom is -0.361 e. The second-order valence-corrected chi connectivity index (χ2v) is 7.85. The van der Waals surface area contributed by atoms with Gasteiger partial charge < -0.3 is 9.42 Å². The first kappa shape index (κ1) is 15.3. The van der Waals surface area contributed by atoms with Crippen LogP contribution in [-0.4, -0.2) is 23.0 Å². The van der Waals surface area contributed by atoms with Gasteiger partial charge in [0.25, 0.3) is 0 Å². The van der Waals surface area contributed by atoms with Crippen molar-refractivity contribution < 1.29 is 9.32 Å². The molecule has 0 radical (unpaired) electrons. The first-order valence-corrected chi connectivity index (χ1v) is 8.39. The summed E-state index contributed by atoms with van der Waals surface area (Å²) in [5.41, 5.74) is 1.52. The highest BCUT2D eigenvalue weighted by molar-refractivity contribution is 7.10. The summed E-state index contributed by atoms with van der Waals surface area (Å²) in [5.74, 6) is 0.984. The Kier molecular flexibility index (Phi) is 3.44. The monoisotopic (exact) mass is 318 g/mol. The maximum atomic E-state index is 13.2. The van der Waals surface area contributed by atoms with Crippen molar-refractivity contribution >= 4 is 17.2 Å². The molecule has 0 aromatic carbocycles. The Morgan fingerprint density at radius 3 is 2.59 bits per heavy atom. The van der Waals surface area contributed by atoms with Crippen molar-refractivity contribution in [2.75, 3.05) is 7.05 Å². The highest BCUT2D eigenvalue weighted by Crippen LogP contribution is 2.66. The number of aryl methyl sites for hydroxylation is 2. The summed E-state index contributed by atoms with van der Waals surface area (Å²) in [6, 6.07) is 4.11. The first-order valence-electron chi connectivity index (χ1n) is 7.51. The van der Waals surface area contributed by atoms with Gasteiger partial charge in [-0.3, -0.25) is 4.79 Å². The van der Waals surface area contributed by atoms with E-state index in [1.54, 1.807) is 11.3 Å². The smallest absolute Gasteiger partial charge is 0.234 e. The molecule has 0 bridgehead atoms. The minimum absolute atomic E-state index is 0.0158. The molecule has 1 saturated carbocycles. The lowest BCUT2D eigenvalue weighted by Crippen LogP contribution is -2.38. The number of hydrogen-bond acceptors (Lipinski definition) is 4. The number of rotatable bonds is 4. The zero-order chi connectivity index (χ0) is 16.1. The van der Waals surface area contributed by atoms with Gasteiger partial charge in [0.1, 0.15) is 5.76 Å². The summed E-state index contributed by atoms with van der Waals surface area (Å²) in [6.45, 7) is 8.70. The predicted octanol–water partition coefficient (Wildman–Crippen LogP) is 3.68. The van der Waals surface area contributed by atoms with E-state index in [0.717, 1.165) is 23.4 Å². The zero-order valence-corrected chi connectivity index (χ0v) is 14.6. The number of nitrogens with zero attached hydrogens (tertiary/aromatic N) is 2. The lowest BCUT2D eigenvalue weighted by Gasteiger charge is -2.26. The normalized spacial score (nSPS) is 22.6. The molecule has 1 fully saturated rings. The molecule has 2 heterocycles. The SMILES string of the molecule is Cc1noc(C)c1CN(C)C(=O)C1(c2cccs2)CC1(C)C. The van der Waals surface area contributed by atoms with E-state index >= 15 is 0 Å². The number of likely N-dealkylation sites (N-methyl/N-ethyl adjacent to an activating group) is 1. The quantitative estimate of drug-likeness (QED) is 0.864. The van der Waals surface area contributed by atoms with Gasteiger partial charge in [-0.25, -0.2) is 0 Å². The molecule has 5 heteroatoms. The Balaban J connectivity index is 1.87. The average Bonchev–Trinajstić information content (AvgIpc) is 2.87. The molecule has 1 aliphatic carbocycles. The average molecular weight is 318 g/mol. The molecule has 3 rings (SSSR count). The van der Waals surface area contributed by atoms with Crippen LogP contribution in [0.15, 0.2) is 22.0 Å². The molecular formula is C17H22N2O2S. The van der Waals surface area contributed by atoms with E-state index < -0.39 is 0 Å². The van der Waals surface area contributed by atoms with Gasteiger partial charge in [-0.1, -0.05) is 25.1 Å². The number of carbonyl (C=O) groups is 1. The highest BCUT2D eigenvalue weighted by atomic mass is 32.1. The largest absolute Gasteiger partial charge is 0.361 e. The highest BCUT2D eigenvalue weighted by Gasteiger charge is 2.68. The molecule has 0 spiro atoms. The zero-order valence-electron chi connectivity index (χ0n) is 13.8. The number of hydrogen-bond donors (Lipinski definition) is 0. The van der Waals surface area contributed by atoms with Gasteiger partial charge in [0, 0.05) is 17.5 Å². The fraction of sp³-hybridized carbons (Fsp3) is 0.529. The molecule has 118 valence electrons. The number of thiophene rings is 1. The molecule has 2 aromatic rings. The van der Waals surface area contributed by atoms with E-state index in [1.807, 2.05) is 37.2 Å². The molecular weight excluding hydrogens is 296 g/mol. The lowest BCUT2D eigenvalue weighted by atomic mass is 9.92. The standard InChI is InChI=1S/C17H22N2O2S/c1-11-13(12(2)21-18-11)9-19(5)15(20)17(10-16(17,3)4)14-7-6-8-22-14/h6-8H,9-10H2,1-5H3. The van der Waals surface area contributed by atoms with E-state index in [1.165, 1.54) is 4.88 Å². The molecule has 1 unspecified atom stereocenters. The van der Waals surface area contributed by atoms with Gasteiger partial charge in [-0.15, -0.1) is 11.3 Å². The van der Waals surface area contributed by atoms with Crippen LogP contribution in [0.4, 0.5) is 0 Å². The first-order chi connectivity index (χ1) is 10.3. The van der Waals surface area contributed by atoms with Crippen LogP contribution in [0.5, 0.6) is 0 Å². The molecule has 1 amide bonds. The Bertz CT molecular complexity index is 683. The van der Waals surface area contributed by atoms with Crippen molar-refractivity contribution in [3.63, 3.8) is 0 Å². The van der Waals surface area contributed by atoms with Gasteiger partial charge in [0.2, 0.25) is 5.91 Å². The van der Waals surface area contributed by atoms with Gasteiger partial charge in [0.15, 0.2) is 0 Å². The summed E-state index contributed by atoms with van der Waals surface area (Å²) in [6.07, 6.45) is 0.908. The number of aromatic nitrogens is 1. The Labute approximate surface area is 135 Å². The summed E-state index contributed by atoms with van der Waals surface area (Å²) in [4.78, 5) is 16.2. The van der Waals surface area contributed by atoms with Crippen molar-refractivity contribution in [3.05, 3.63) is 39.4 Å². The van der Waals surface area contributed by atoms with Crippen LogP contribution in [0.2, 0.25) is 0 Å². The van der Waals surface area contributed by atoms with Crippen molar-refractivity contribution in [1.29, 1.82) is 0 Å². The second-order valence-electron chi connectivity index (χ2n) is 6.91. The predicted molar refractivity (Wildman–Crippen MR) is 86.8 cm³/mol. The van der Waals surface area contributed by atoms with E-state index in [0.29, 0.717) is 6.54 Å². The minimum atomic E-state index is -0.366. The fourth-order valence-corrected chi connectivity index (χ4v) is 4.49. The Hall–Kier alpha value is -1.62. The maximum absolute atomic E-state index is 13.2. The third-order valence-electron chi connectivity index (χ3n) is 4.97. The van der Waals surface area contributed by atoms with Crippen LogP contribution in [0.25, 0.3) is 0 Å². The van der Waals surface area contributed by atoms with Gasteiger partial charge in [-0.2, -0.15) is 0 Å². The van der Waals surface area contributed by atoms with Crippen LogP contribution in [0.3, 0.4) is 0 Å². The fourth-order valence-electron chi connectivity index (χ4n) is 3.39.